The van der Waals surface area contributed by atoms with E-state index >= 15 is 0 Å². The average molecular weight is 242 g/mol. The Morgan fingerprint density at radius 2 is 1.25 bits per heavy atom. The van der Waals surface area contributed by atoms with Crippen molar-refractivity contribution in [2.24, 2.45) is 0 Å². The Morgan fingerprint density at radius 1 is 1.17 bits per heavy atom. The fourth-order valence-electron chi connectivity index (χ4n) is 0. The first-order valence-electron chi connectivity index (χ1n) is 3.63. The summed E-state index contributed by atoms with van der Waals surface area (Å²) in [5, 5.41) is 20.0. The van der Waals surface area contributed by atoms with Crippen molar-refractivity contribution in [2.45, 2.75) is 52.7 Å². The second-order valence-corrected chi connectivity index (χ2v) is 3.33. The quantitative estimate of drug-likeness (QED) is 0.620. The van der Waals surface area contributed by atoms with Gasteiger partial charge in [0.1, 0.15) is 0 Å². The van der Waals surface area contributed by atoms with Gasteiger partial charge in [0.15, 0.2) is 0 Å². The summed E-state index contributed by atoms with van der Waals surface area (Å²) in [5.41, 5.74) is -0.750. The topological polar surface area (TPSA) is 46.1 Å². The summed E-state index contributed by atoms with van der Waals surface area (Å²) in [5.74, 6) is 0. The third-order valence-corrected chi connectivity index (χ3v) is 0.575. The van der Waals surface area contributed by atoms with Gasteiger partial charge in [0.2, 0.25) is 0 Å². The maximum Gasteiger partial charge on any atom is 4.00 e. The molecule has 0 bridgehead atoms. The van der Waals surface area contributed by atoms with Crippen LogP contribution >= 0.6 is 0 Å². The Labute approximate surface area is 106 Å². The maximum atomic E-state index is 10.1. The zero-order chi connectivity index (χ0) is 8.78. The maximum absolute atomic E-state index is 10.1. The molecule has 0 radical (unpaired) electrons. The summed E-state index contributed by atoms with van der Waals surface area (Å²) >= 11 is 0. The Kier molecular flexibility index (Phi) is 24.0. The molecule has 1 atom stereocenters. The van der Waals surface area contributed by atoms with Gasteiger partial charge in [-0.1, -0.05) is 41.0 Å². The summed E-state index contributed by atoms with van der Waals surface area (Å²) in [6.07, 6.45) is 0.384. The van der Waals surface area contributed by atoms with Crippen molar-refractivity contribution in [1.82, 2.24) is 0 Å². The van der Waals surface area contributed by atoms with Gasteiger partial charge in [-0.2, -0.15) is 0 Å². The molecule has 0 aliphatic carbocycles. The Balaban J connectivity index is -0.0000000457. The summed E-state index contributed by atoms with van der Waals surface area (Å²) in [4.78, 5) is 0. The molecule has 0 amide bonds. The molecular weight excluding hydrogens is 224 g/mol. The molecule has 4 heteroatoms. The van der Waals surface area contributed by atoms with Crippen molar-refractivity contribution in [1.29, 1.82) is 0 Å². The molecule has 0 saturated heterocycles. The molecule has 12 heavy (non-hydrogen) atoms. The van der Waals surface area contributed by atoms with Gasteiger partial charge in [-0.25, -0.2) is 0 Å². The Hall–Kier alpha value is 1.35. The van der Waals surface area contributed by atoms with E-state index in [2.05, 4.69) is 0 Å². The predicted molar refractivity (Wildman–Crippen MR) is 39.5 cm³/mol. The number of hydrogen-bond acceptors (Lipinski definition) is 2. The second-order valence-electron chi connectivity index (χ2n) is 3.33. The van der Waals surface area contributed by atoms with Crippen LogP contribution in [0.5, 0.6) is 0 Å². The first kappa shape index (κ1) is 23.3. The van der Waals surface area contributed by atoms with Gasteiger partial charge in [-0.05, 0) is 0 Å². The summed E-state index contributed by atoms with van der Waals surface area (Å²) < 4.78 is 0. The van der Waals surface area contributed by atoms with Gasteiger partial charge in [-0.15, -0.1) is 11.7 Å². The van der Waals surface area contributed by atoms with Crippen LogP contribution in [-0.4, -0.2) is 11.7 Å². The SMILES string of the molecule is CC(C)(C)[O-].CCC(C)[O-].[Ti+4].[Ti+4]. The van der Waals surface area contributed by atoms with Gasteiger partial charge >= 0.3 is 43.4 Å². The van der Waals surface area contributed by atoms with E-state index in [1.165, 1.54) is 0 Å². The molecule has 0 rings (SSSR count). The predicted octanol–water partition coefficient (Wildman–Crippen LogP) is 0.285. The fourth-order valence-corrected chi connectivity index (χ4v) is 0. The molecule has 0 aromatic rings. The van der Waals surface area contributed by atoms with Crippen molar-refractivity contribution >= 4 is 0 Å². The van der Waals surface area contributed by atoms with E-state index in [1.54, 1.807) is 27.7 Å². The minimum atomic E-state index is -0.750. The van der Waals surface area contributed by atoms with E-state index in [0.717, 1.165) is 6.42 Å². The van der Waals surface area contributed by atoms with Gasteiger partial charge in [0.25, 0.3) is 0 Å². The second kappa shape index (κ2) is 12.3. The zero-order valence-corrected chi connectivity index (χ0v) is 11.7. The fraction of sp³-hybridized carbons (Fsp3) is 1.00. The standard InChI is InChI=1S/2C4H9O.2Ti/c1-4(2,3)5;1-3-4(2)5;;/h1-3H3;4H,3H2,1-2H3;;/q2*-1;2*+4. The van der Waals surface area contributed by atoms with Crippen LogP contribution < -0.4 is 10.2 Å². The molecule has 0 spiro atoms. The molecule has 0 N–H and O–H groups in total. The van der Waals surface area contributed by atoms with E-state index in [-0.39, 0.29) is 49.5 Å². The molecule has 0 saturated carbocycles. The van der Waals surface area contributed by atoms with E-state index in [0.29, 0.717) is 0 Å². The molecule has 0 aromatic carbocycles. The minimum absolute atomic E-state index is 0. The minimum Gasteiger partial charge on any atom is -0.852 e. The van der Waals surface area contributed by atoms with Gasteiger partial charge in [-0.3, -0.25) is 0 Å². The van der Waals surface area contributed by atoms with Crippen molar-refractivity contribution in [3.63, 3.8) is 0 Å². The molecule has 0 fully saturated rings. The van der Waals surface area contributed by atoms with E-state index in [4.69, 9.17) is 0 Å². The largest absolute Gasteiger partial charge is 4.00 e. The summed E-state index contributed by atoms with van der Waals surface area (Å²) in [6.45, 7) is 8.45. The molecule has 0 aromatic heterocycles. The van der Waals surface area contributed by atoms with Crippen molar-refractivity contribution in [3.05, 3.63) is 0 Å². The molecule has 0 aliphatic heterocycles. The molecule has 1 unspecified atom stereocenters. The summed E-state index contributed by atoms with van der Waals surface area (Å²) in [7, 11) is 0. The van der Waals surface area contributed by atoms with Crippen LogP contribution in [0.3, 0.4) is 0 Å². The summed E-state index contributed by atoms with van der Waals surface area (Å²) in [6, 6.07) is 0. The smallest absolute Gasteiger partial charge is 0.852 e. The van der Waals surface area contributed by atoms with Crippen molar-refractivity contribution in [3.8, 4) is 0 Å². The number of rotatable bonds is 1. The van der Waals surface area contributed by atoms with Gasteiger partial charge in [0, 0.05) is 0 Å². The van der Waals surface area contributed by atoms with Crippen LogP contribution in [0, 0.1) is 0 Å². The average Bonchev–Trinajstić information content (AvgIpc) is 1.61. The molecular formula is C8H18O2Ti2+6. The van der Waals surface area contributed by atoms with E-state index < -0.39 is 5.60 Å². The van der Waals surface area contributed by atoms with E-state index in [1.807, 2.05) is 6.92 Å². The van der Waals surface area contributed by atoms with Crippen molar-refractivity contribution < 1.29 is 53.6 Å². The molecule has 0 aliphatic rings. The van der Waals surface area contributed by atoms with Crippen LogP contribution in [0.15, 0.2) is 0 Å². The Morgan fingerprint density at radius 3 is 1.25 bits per heavy atom. The Bertz CT molecular complexity index is 63.9. The van der Waals surface area contributed by atoms with Crippen LogP contribution in [0.25, 0.3) is 0 Å². The van der Waals surface area contributed by atoms with Crippen LogP contribution in [0.4, 0.5) is 0 Å². The van der Waals surface area contributed by atoms with Crippen molar-refractivity contribution in [2.75, 3.05) is 0 Å². The first-order valence-corrected chi connectivity index (χ1v) is 3.63. The molecule has 2 nitrogen and oxygen atoms in total. The van der Waals surface area contributed by atoms with Gasteiger partial charge in [0.05, 0.1) is 0 Å². The van der Waals surface area contributed by atoms with Crippen LogP contribution in [0.1, 0.15) is 41.0 Å². The molecule has 0 heterocycles. The van der Waals surface area contributed by atoms with Gasteiger partial charge < -0.3 is 10.2 Å². The monoisotopic (exact) mass is 242 g/mol. The normalized spacial score (nSPS) is 11.2. The first-order chi connectivity index (χ1) is 4.27. The van der Waals surface area contributed by atoms with Crippen LogP contribution in [0.2, 0.25) is 0 Å². The van der Waals surface area contributed by atoms with Crippen LogP contribution in [-0.2, 0) is 43.4 Å². The molecule has 64 valence electrons. The third-order valence-electron chi connectivity index (χ3n) is 0.575. The zero-order valence-electron chi connectivity index (χ0n) is 8.60. The van der Waals surface area contributed by atoms with E-state index in [9.17, 15) is 10.2 Å². The third kappa shape index (κ3) is 108. The number of hydrogen-bond donors (Lipinski definition) is 0.